The van der Waals surface area contributed by atoms with Crippen molar-refractivity contribution < 1.29 is 4.74 Å². The van der Waals surface area contributed by atoms with Crippen molar-refractivity contribution in [3.63, 3.8) is 0 Å². The van der Waals surface area contributed by atoms with Gasteiger partial charge in [-0.2, -0.15) is 0 Å². The molecular weight excluding hydrogens is 480 g/mol. The van der Waals surface area contributed by atoms with Crippen LogP contribution in [0.5, 0.6) is 5.75 Å². The Labute approximate surface area is 233 Å². The van der Waals surface area contributed by atoms with Crippen LogP contribution >= 0.6 is 0 Å². The van der Waals surface area contributed by atoms with E-state index in [1.165, 1.54) is 22.5 Å². The largest absolute Gasteiger partial charge is 0.497 e. The summed E-state index contributed by atoms with van der Waals surface area (Å²) in [7, 11) is 1.72. The minimum Gasteiger partial charge on any atom is -0.497 e. The topological polar surface area (TPSA) is 44.4 Å². The van der Waals surface area contributed by atoms with Crippen molar-refractivity contribution in [2.24, 2.45) is 5.92 Å². The number of nitrogens with zero attached hydrogens (tertiary/aromatic N) is 3. The Kier molecular flexibility index (Phi) is 8.80. The lowest BCUT2D eigenvalue weighted by Crippen LogP contribution is -2.49. The maximum atomic E-state index is 5.40. The van der Waals surface area contributed by atoms with Crippen LogP contribution in [0.3, 0.4) is 0 Å². The van der Waals surface area contributed by atoms with E-state index in [1.54, 1.807) is 7.11 Å². The molecule has 5 rings (SSSR count). The number of aryl methyl sites for hydroxylation is 1. The zero-order valence-electron chi connectivity index (χ0n) is 23.8. The second-order valence-electron chi connectivity index (χ2n) is 11.1. The third kappa shape index (κ3) is 6.43. The highest BCUT2D eigenvalue weighted by Crippen LogP contribution is 2.33. The van der Waals surface area contributed by atoms with Gasteiger partial charge in [-0.3, -0.25) is 4.90 Å². The molecule has 0 saturated carbocycles. The average Bonchev–Trinajstić information content (AvgIpc) is 3.36. The van der Waals surface area contributed by atoms with Crippen LogP contribution < -0.4 is 4.74 Å². The highest BCUT2D eigenvalue weighted by atomic mass is 16.5. The molecule has 1 N–H and O–H groups in total. The lowest BCUT2D eigenvalue weighted by molar-refractivity contribution is 0.0729. The normalized spacial score (nSPS) is 16.3. The Hall–Kier alpha value is -3.41. The van der Waals surface area contributed by atoms with E-state index in [9.17, 15) is 0 Å². The van der Waals surface area contributed by atoms with E-state index in [4.69, 9.17) is 9.72 Å². The summed E-state index contributed by atoms with van der Waals surface area (Å²) in [5.74, 6) is 2.74. The first-order chi connectivity index (χ1) is 19.0. The minimum absolute atomic E-state index is 0.317. The summed E-state index contributed by atoms with van der Waals surface area (Å²) in [6.45, 7) is 12.2. The Morgan fingerprint density at radius 1 is 0.821 bits per heavy atom. The molecule has 39 heavy (non-hydrogen) atoms. The van der Waals surface area contributed by atoms with Crippen molar-refractivity contribution in [2.45, 2.75) is 39.2 Å². The lowest BCUT2D eigenvalue weighted by Gasteiger charge is -2.41. The van der Waals surface area contributed by atoms with E-state index in [0.29, 0.717) is 17.9 Å². The lowest BCUT2D eigenvalue weighted by atomic mass is 9.88. The van der Waals surface area contributed by atoms with Gasteiger partial charge in [0.05, 0.1) is 18.8 Å². The number of hydrogen-bond acceptors (Lipinski definition) is 4. The zero-order chi connectivity index (χ0) is 27.2. The number of aromatic nitrogens is 2. The van der Waals surface area contributed by atoms with Gasteiger partial charge in [-0.15, -0.1) is 0 Å². The average molecular weight is 523 g/mol. The van der Waals surface area contributed by atoms with Crippen LogP contribution in [0.1, 0.15) is 54.7 Å². The third-order valence-corrected chi connectivity index (χ3v) is 8.14. The number of nitrogens with one attached hydrogen (secondary N) is 1. The van der Waals surface area contributed by atoms with Gasteiger partial charge >= 0.3 is 0 Å². The predicted molar refractivity (Wildman–Crippen MR) is 160 cm³/mol. The van der Waals surface area contributed by atoms with Gasteiger partial charge in [0, 0.05) is 43.4 Å². The summed E-state index contributed by atoms with van der Waals surface area (Å²) in [5.41, 5.74) is 6.25. The molecule has 0 amide bonds. The van der Waals surface area contributed by atoms with Gasteiger partial charge < -0.3 is 14.6 Å². The summed E-state index contributed by atoms with van der Waals surface area (Å²) in [5, 5.41) is 0. The number of benzene rings is 3. The number of hydrogen-bond donors (Lipinski definition) is 1. The molecule has 1 aliphatic heterocycles. The van der Waals surface area contributed by atoms with E-state index in [2.05, 4.69) is 120 Å². The van der Waals surface area contributed by atoms with Crippen molar-refractivity contribution in [1.82, 2.24) is 19.8 Å². The van der Waals surface area contributed by atoms with E-state index in [1.807, 2.05) is 0 Å². The number of aromatic amines is 1. The number of methoxy groups -OCH3 is 1. The Morgan fingerprint density at radius 2 is 1.44 bits per heavy atom. The van der Waals surface area contributed by atoms with Gasteiger partial charge in [-0.1, -0.05) is 86.6 Å². The molecule has 2 heterocycles. The maximum absolute atomic E-state index is 5.40. The standard InChI is InChI=1S/C34H42N4O/c1-25(2)33(32-26(3)35-34(36-32)29-13-9-6-10-14-29)38-23-21-37(22-24-38)20-19-31(27-11-7-5-8-12-27)28-15-17-30(39-4)18-16-28/h5-18,25,31,33H,19-24H2,1-4H3,(H,35,36). The Morgan fingerprint density at radius 3 is 2.05 bits per heavy atom. The van der Waals surface area contributed by atoms with Crippen molar-refractivity contribution in [2.75, 3.05) is 39.8 Å². The number of imidazole rings is 1. The molecule has 1 aliphatic rings. The van der Waals surface area contributed by atoms with Crippen LogP contribution in [0.25, 0.3) is 11.4 Å². The molecule has 3 aromatic carbocycles. The van der Waals surface area contributed by atoms with Crippen molar-refractivity contribution in [1.29, 1.82) is 0 Å². The highest BCUT2D eigenvalue weighted by molar-refractivity contribution is 5.55. The number of H-pyrrole nitrogens is 1. The summed E-state index contributed by atoms with van der Waals surface area (Å²) < 4.78 is 5.40. The number of piperazine rings is 1. The first-order valence-electron chi connectivity index (χ1n) is 14.3. The molecule has 0 aliphatic carbocycles. The van der Waals surface area contributed by atoms with Gasteiger partial charge in [-0.25, -0.2) is 4.98 Å². The Bertz CT molecular complexity index is 1290. The van der Waals surface area contributed by atoms with E-state index in [0.717, 1.165) is 56.3 Å². The monoisotopic (exact) mass is 522 g/mol. The highest BCUT2D eigenvalue weighted by Gasteiger charge is 2.31. The molecule has 204 valence electrons. The van der Waals surface area contributed by atoms with Gasteiger partial charge in [-0.05, 0) is 49.1 Å². The third-order valence-electron chi connectivity index (χ3n) is 8.14. The van der Waals surface area contributed by atoms with Crippen molar-refractivity contribution in [3.8, 4) is 17.1 Å². The number of ether oxygens (including phenoxy) is 1. The quantitative estimate of drug-likeness (QED) is 0.245. The number of rotatable bonds is 10. The molecule has 5 heteroatoms. The van der Waals surface area contributed by atoms with Crippen LogP contribution in [-0.4, -0.2) is 59.6 Å². The van der Waals surface area contributed by atoms with Gasteiger partial charge in [0.15, 0.2) is 0 Å². The fraction of sp³-hybridized carbons (Fsp3) is 0.382. The SMILES string of the molecule is COc1ccc(C(CCN2CCN(C(c3nc(-c4ccccc4)[nH]c3C)C(C)C)CC2)c2ccccc2)cc1. The van der Waals surface area contributed by atoms with Crippen LogP contribution in [0.2, 0.25) is 0 Å². The summed E-state index contributed by atoms with van der Waals surface area (Å²) in [4.78, 5) is 14.0. The summed E-state index contributed by atoms with van der Waals surface area (Å²) >= 11 is 0. The molecule has 1 saturated heterocycles. The molecule has 2 atom stereocenters. The van der Waals surface area contributed by atoms with E-state index < -0.39 is 0 Å². The van der Waals surface area contributed by atoms with Crippen LogP contribution in [0.4, 0.5) is 0 Å². The minimum atomic E-state index is 0.317. The van der Waals surface area contributed by atoms with Gasteiger partial charge in [0.25, 0.3) is 0 Å². The summed E-state index contributed by atoms with van der Waals surface area (Å²) in [6.07, 6.45) is 1.10. The van der Waals surface area contributed by atoms with E-state index >= 15 is 0 Å². The molecule has 2 unspecified atom stereocenters. The second-order valence-corrected chi connectivity index (χ2v) is 11.1. The molecule has 0 spiro atoms. The second kappa shape index (κ2) is 12.6. The molecule has 0 radical (unpaired) electrons. The van der Waals surface area contributed by atoms with Gasteiger partial charge in [0.1, 0.15) is 11.6 Å². The van der Waals surface area contributed by atoms with Gasteiger partial charge in [0.2, 0.25) is 0 Å². The molecular formula is C34H42N4O. The molecule has 4 aromatic rings. The van der Waals surface area contributed by atoms with E-state index in [-0.39, 0.29) is 0 Å². The van der Waals surface area contributed by atoms with Crippen molar-refractivity contribution in [3.05, 3.63) is 107 Å². The molecule has 5 nitrogen and oxygen atoms in total. The molecule has 1 aromatic heterocycles. The first kappa shape index (κ1) is 27.2. The fourth-order valence-electron chi connectivity index (χ4n) is 6.03. The molecule has 1 fully saturated rings. The predicted octanol–water partition coefficient (Wildman–Crippen LogP) is 6.93. The van der Waals surface area contributed by atoms with Crippen LogP contribution in [0.15, 0.2) is 84.9 Å². The Balaban J connectivity index is 1.24. The smallest absolute Gasteiger partial charge is 0.137 e. The first-order valence-corrected chi connectivity index (χ1v) is 14.3. The van der Waals surface area contributed by atoms with Crippen molar-refractivity contribution >= 4 is 0 Å². The van der Waals surface area contributed by atoms with Crippen LogP contribution in [-0.2, 0) is 0 Å². The fourth-order valence-corrected chi connectivity index (χ4v) is 6.03. The summed E-state index contributed by atoms with van der Waals surface area (Å²) in [6, 6.07) is 30.3. The molecule has 0 bridgehead atoms. The van der Waals surface area contributed by atoms with Crippen LogP contribution in [0, 0.1) is 12.8 Å². The zero-order valence-corrected chi connectivity index (χ0v) is 23.8. The maximum Gasteiger partial charge on any atom is 0.137 e.